The molecule has 0 atom stereocenters. The van der Waals surface area contributed by atoms with Gasteiger partial charge in [-0.2, -0.15) is 0 Å². The van der Waals surface area contributed by atoms with Gasteiger partial charge in [0.1, 0.15) is 0 Å². The number of rotatable bonds is 5. The second-order valence-electron chi connectivity index (χ2n) is 8.32. The first kappa shape index (κ1) is 20.5. The number of nitrogens with zero attached hydrogens (tertiary/aromatic N) is 1. The number of carbonyl (C=O) groups excluding carboxylic acids is 1. The standard InChI is InChI=1S/C26H25ClN2OS/c1-29(26(30)18-7-3-4-8-18)20-11-13-23-22(15-20)25(27)24(28-23)16-31-21-12-10-17-6-2-5-9-19(17)14-21/h2,5-6,9-15,18,28H,3-4,7-8,16H2,1H3. The van der Waals surface area contributed by atoms with Gasteiger partial charge in [0.25, 0.3) is 0 Å². The Morgan fingerprint density at radius 3 is 2.65 bits per heavy atom. The van der Waals surface area contributed by atoms with Crippen molar-refractivity contribution < 1.29 is 4.79 Å². The summed E-state index contributed by atoms with van der Waals surface area (Å²) >= 11 is 8.52. The number of thioether (sulfide) groups is 1. The Hall–Kier alpha value is -2.43. The Kier molecular flexibility index (Phi) is 5.68. The van der Waals surface area contributed by atoms with Crippen LogP contribution in [-0.4, -0.2) is 17.9 Å². The van der Waals surface area contributed by atoms with E-state index in [1.165, 1.54) is 15.7 Å². The molecule has 1 aliphatic rings. The molecule has 1 saturated carbocycles. The molecule has 4 aromatic rings. The average Bonchev–Trinajstić information content (AvgIpc) is 3.45. The molecule has 0 aliphatic heterocycles. The van der Waals surface area contributed by atoms with E-state index in [1.54, 1.807) is 16.7 Å². The van der Waals surface area contributed by atoms with Crippen LogP contribution in [0.4, 0.5) is 5.69 Å². The van der Waals surface area contributed by atoms with E-state index >= 15 is 0 Å². The first-order chi connectivity index (χ1) is 15.1. The van der Waals surface area contributed by atoms with Gasteiger partial charge in [-0.3, -0.25) is 4.79 Å². The van der Waals surface area contributed by atoms with Crippen molar-refractivity contribution in [1.82, 2.24) is 4.98 Å². The van der Waals surface area contributed by atoms with Gasteiger partial charge in [-0.1, -0.05) is 54.8 Å². The molecule has 1 aliphatic carbocycles. The lowest BCUT2D eigenvalue weighted by Gasteiger charge is -2.21. The molecule has 1 amide bonds. The maximum absolute atomic E-state index is 12.8. The number of halogens is 1. The highest BCUT2D eigenvalue weighted by Crippen LogP contribution is 2.35. The maximum atomic E-state index is 12.8. The van der Waals surface area contributed by atoms with E-state index in [1.807, 2.05) is 25.2 Å². The molecule has 0 spiro atoms. The molecule has 31 heavy (non-hydrogen) atoms. The molecule has 0 bridgehead atoms. The summed E-state index contributed by atoms with van der Waals surface area (Å²) in [6, 6.07) is 21.0. The summed E-state index contributed by atoms with van der Waals surface area (Å²) in [5.41, 5.74) is 2.92. The van der Waals surface area contributed by atoms with Crippen molar-refractivity contribution in [3.8, 4) is 0 Å². The molecule has 1 N–H and O–H groups in total. The van der Waals surface area contributed by atoms with Crippen LogP contribution in [-0.2, 0) is 10.5 Å². The third kappa shape index (κ3) is 4.07. The summed E-state index contributed by atoms with van der Waals surface area (Å²) in [6.45, 7) is 0. The first-order valence-electron chi connectivity index (χ1n) is 10.8. The summed E-state index contributed by atoms with van der Waals surface area (Å²) in [6.07, 6.45) is 4.33. The van der Waals surface area contributed by atoms with Crippen LogP contribution in [0.1, 0.15) is 31.4 Å². The van der Waals surface area contributed by atoms with Crippen LogP contribution in [0.15, 0.2) is 65.6 Å². The van der Waals surface area contributed by atoms with Gasteiger partial charge in [0.15, 0.2) is 0 Å². The highest BCUT2D eigenvalue weighted by atomic mass is 35.5. The van der Waals surface area contributed by atoms with Gasteiger partial charge < -0.3 is 9.88 Å². The molecule has 1 fully saturated rings. The number of aromatic nitrogens is 1. The molecular weight excluding hydrogens is 424 g/mol. The van der Waals surface area contributed by atoms with Crippen LogP contribution < -0.4 is 4.90 Å². The number of H-pyrrole nitrogens is 1. The van der Waals surface area contributed by atoms with Gasteiger partial charge in [0.2, 0.25) is 5.91 Å². The van der Waals surface area contributed by atoms with Crippen LogP contribution in [0, 0.1) is 5.92 Å². The van der Waals surface area contributed by atoms with Crippen molar-refractivity contribution in [2.75, 3.05) is 11.9 Å². The lowest BCUT2D eigenvalue weighted by atomic mass is 10.1. The molecule has 5 rings (SSSR count). The number of carbonyl (C=O) groups is 1. The van der Waals surface area contributed by atoms with Crippen molar-refractivity contribution in [3.05, 3.63) is 71.4 Å². The van der Waals surface area contributed by atoms with E-state index in [9.17, 15) is 4.79 Å². The minimum Gasteiger partial charge on any atom is -0.356 e. The topological polar surface area (TPSA) is 36.1 Å². The second kappa shape index (κ2) is 8.60. The van der Waals surface area contributed by atoms with E-state index in [2.05, 4.69) is 47.4 Å². The van der Waals surface area contributed by atoms with Crippen molar-refractivity contribution >= 4 is 56.6 Å². The van der Waals surface area contributed by atoms with Crippen LogP contribution in [0.3, 0.4) is 0 Å². The molecule has 0 unspecified atom stereocenters. The Balaban J connectivity index is 1.36. The first-order valence-corrected chi connectivity index (χ1v) is 12.2. The Morgan fingerprint density at radius 2 is 1.84 bits per heavy atom. The molecule has 0 saturated heterocycles. The fourth-order valence-electron chi connectivity index (χ4n) is 4.50. The van der Waals surface area contributed by atoms with Crippen LogP contribution in [0.2, 0.25) is 5.02 Å². The number of benzene rings is 3. The summed E-state index contributed by atoms with van der Waals surface area (Å²) in [7, 11) is 1.87. The highest BCUT2D eigenvalue weighted by molar-refractivity contribution is 7.98. The summed E-state index contributed by atoms with van der Waals surface area (Å²) < 4.78 is 0. The molecule has 0 radical (unpaired) electrons. The van der Waals surface area contributed by atoms with Gasteiger partial charge >= 0.3 is 0 Å². The maximum Gasteiger partial charge on any atom is 0.229 e. The Labute approximate surface area is 191 Å². The minimum absolute atomic E-state index is 0.163. The number of fused-ring (bicyclic) bond motifs is 2. The van der Waals surface area contributed by atoms with E-state index in [0.29, 0.717) is 0 Å². The van der Waals surface area contributed by atoms with Crippen molar-refractivity contribution in [3.63, 3.8) is 0 Å². The van der Waals surface area contributed by atoms with Crippen molar-refractivity contribution in [2.24, 2.45) is 5.92 Å². The Morgan fingerprint density at radius 1 is 1.06 bits per heavy atom. The quantitative estimate of drug-likeness (QED) is 0.322. The highest BCUT2D eigenvalue weighted by Gasteiger charge is 2.26. The zero-order valence-electron chi connectivity index (χ0n) is 17.5. The molecule has 1 aromatic heterocycles. The third-order valence-corrected chi connectivity index (χ3v) is 7.77. The van der Waals surface area contributed by atoms with E-state index < -0.39 is 0 Å². The van der Waals surface area contributed by atoms with Crippen LogP contribution in [0.25, 0.3) is 21.7 Å². The lowest BCUT2D eigenvalue weighted by Crippen LogP contribution is -2.31. The largest absolute Gasteiger partial charge is 0.356 e. The fraction of sp³-hybridized carbons (Fsp3) is 0.269. The average molecular weight is 449 g/mol. The van der Waals surface area contributed by atoms with Crippen LogP contribution in [0.5, 0.6) is 0 Å². The molecular formula is C26H25ClN2OS. The number of nitrogens with one attached hydrogen (secondary N) is 1. The second-order valence-corrected chi connectivity index (χ2v) is 9.75. The monoisotopic (exact) mass is 448 g/mol. The predicted molar refractivity (Wildman–Crippen MR) is 132 cm³/mol. The normalized spacial score (nSPS) is 14.5. The third-order valence-electron chi connectivity index (χ3n) is 6.32. The minimum atomic E-state index is 0.163. The summed E-state index contributed by atoms with van der Waals surface area (Å²) in [5, 5.41) is 4.21. The van der Waals surface area contributed by atoms with E-state index in [-0.39, 0.29) is 11.8 Å². The van der Waals surface area contributed by atoms with Gasteiger partial charge in [0, 0.05) is 45.9 Å². The number of aromatic amines is 1. The summed E-state index contributed by atoms with van der Waals surface area (Å²) in [4.78, 5) is 19.3. The lowest BCUT2D eigenvalue weighted by molar-refractivity contribution is -0.121. The van der Waals surface area contributed by atoms with Crippen LogP contribution >= 0.6 is 23.4 Å². The van der Waals surface area contributed by atoms with E-state index in [4.69, 9.17) is 11.6 Å². The fourth-order valence-corrected chi connectivity index (χ4v) is 5.75. The van der Waals surface area contributed by atoms with Gasteiger partial charge in [-0.05, 0) is 53.9 Å². The smallest absolute Gasteiger partial charge is 0.229 e. The molecule has 5 heteroatoms. The van der Waals surface area contributed by atoms with Gasteiger partial charge in [0.05, 0.1) is 5.02 Å². The number of hydrogen-bond donors (Lipinski definition) is 1. The number of amides is 1. The zero-order valence-corrected chi connectivity index (χ0v) is 19.1. The van der Waals surface area contributed by atoms with Gasteiger partial charge in [-0.25, -0.2) is 0 Å². The molecule has 3 nitrogen and oxygen atoms in total. The molecule has 1 heterocycles. The number of hydrogen-bond acceptors (Lipinski definition) is 2. The SMILES string of the molecule is CN(C(=O)C1CCCC1)c1ccc2[nH]c(CSc3ccc4ccccc4c3)c(Cl)c2c1. The van der Waals surface area contributed by atoms with Crippen molar-refractivity contribution in [2.45, 2.75) is 36.3 Å². The van der Waals surface area contributed by atoms with Gasteiger partial charge in [-0.15, -0.1) is 11.8 Å². The molecule has 158 valence electrons. The number of anilines is 1. The summed E-state index contributed by atoms with van der Waals surface area (Å²) in [5.74, 6) is 1.14. The van der Waals surface area contributed by atoms with Crippen molar-refractivity contribution in [1.29, 1.82) is 0 Å². The zero-order chi connectivity index (χ0) is 21.4. The molecule has 3 aromatic carbocycles. The van der Waals surface area contributed by atoms with E-state index in [0.717, 1.165) is 58.7 Å². The Bertz CT molecular complexity index is 1260. The predicted octanol–water partition coefficient (Wildman–Crippen LogP) is 7.42.